The molecule has 0 saturated carbocycles. The molecule has 0 spiro atoms. The van der Waals surface area contributed by atoms with Gasteiger partial charge in [0, 0.05) is 19.3 Å². The van der Waals surface area contributed by atoms with Crippen molar-refractivity contribution in [1.82, 2.24) is 19.7 Å². The Balaban J connectivity index is 1.98. The Hall–Kier alpha value is -2.74. The van der Waals surface area contributed by atoms with Crippen molar-refractivity contribution in [3.05, 3.63) is 36.3 Å². The third-order valence-electron chi connectivity index (χ3n) is 3.10. The van der Waals surface area contributed by atoms with E-state index in [4.69, 9.17) is 5.11 Å². The van der Waals surface area contributed by atoms with Crippen LogP contribution in [0.4, 0.5) is 21.8 Å². The summed E-state index contributed by atoms with van der Waals surface area (Å²) in [6, 6.07) is 5.92. The molecular formula is C14H15FN6O. The molecule has 0 bridgehead atoms. The number of nitrogens with zero attached hydrogens (tertiary/aromatic N) is 4. The Labute approximate surface area is 125 Å². The monoisotopic (exact) mass is 302 g/mol. The first-order chi connectivity index (χ1) is 10.7. The molecule has 1 aromatic carbocycles. The molecule has 3 aromatic rings. The summed E-state index contributed by atoms with van der Waals surface area (Å²) < 4.78 is 14.6. The molecule has 3 N–H and O–H groups in total. The van der Waals surface area contributed by atoms with Gasteiger partial charge in [0.1, 0.15) is 11.6 Å². The third kappa shape index (κ3) is 2.82. The molecule has 114 valence electrons. The summed E-state index contributed by atoms with van der Waals surface area (Å²) in [5.74, 6) is 0.638. The highest BCUT2D eigenvalue weighted by Gasteiger charge is 2.11. The number of nitrogens with one attached hydrogen (secondary N) is 2. The highest BCUT2D eigenvalue weighted by Crippen LogP contribution is 2.23. The molecule has 0 aliphatic carbocycles. The van der Waals surface area contributed by atoms with Gasteiger partial charge >= 0.3 is 0 Å². The summed E-state index contributed by atoms with van der Waals surface area (Å²) in [5, 5.41) is 19.9. The van der Waals surface area contributed by atoms with E-state index in [1.54, 1.807) is 30.1 Å². The average molecular weight is 302 g/mol. The molecule has 0 aliphatic rings. The summed E-state index contributed by atoms with van der Waals surface area (Å²) in [4.78, 5) is 8.78. The molecule has 0 saturated heterocycles. The van der Waals surface area contributed by atoms with Crippen LogP contribution in [-0.2, 0) is 7.05 Å². The first-order valence-electron chi connectivity index (χ1n) is 6.74. The fraction of sp³-hybridized carbons (Fsp3) is 0.214. The number of aliphatic hydroxyl groups excluding tert-OH is 1. The summed E-state index contributed by atoms with van der Waals surface area (Å²) in [6.45, 7) is 0.365. The smallest absolute Gasteiger partial charge is 0.231 e. The van der Waals surface area contributed by atoms with E-state index in [-0.39, 0.29) is 12.4 Å². The van der Waals surface area contributed by atoms with Gasteiger partial charge in [-0.15, -0.1) is 0 Å². The van der Waals surface area contributed by atoms with E-state index in [1.807, 2.05) is 0 Å². The largest absolute Gasteiger partial charge is 0.395 e. The van der Waals surface area contributed by atoms with Gasteiger partial charge in [-0.25, -0.2) is 4.39 Å². The van der Waals surface area contributed by atoms with E-state index in [0.717, 1.165) is 5.39 Å². The molecule has 0 unspecified atom stereocenters. The van der Waals surface area contributed by atoms with Crippen molar-refractivity contribution in [2.75, 3.05) is 23.8 Å². The van der Waals surface area contributed by atoms with Gasteiger partial charge in [-0.2, -0.15) is 15.1 Å². The summed E-state index contributed by atoms with van der Waals surface area (Å²) in [7, 11) is 1.78. The average Bonchev–Trinajstić information content (AvgIpc) is 2.89. The zero-order chi connectivity index (χ0) is 15.5. The van der Waals surface area contributed by atoms with E-state index in [9.17, 15) is 4.39 Å². The molecule has 0 radical (unpaired) electrons. The van der Waals surface area contributed by atoms with Crippen molar-refractivity contribution < 1.29 is 9.50 Å². The third-order valence-corrected chi connectivity index (χ3v) is 3.10. The Bertz CT molecular complexity index is 786. The van der Waals surface area contributed by atoms with E-state index < -0.39 is 0 Å². The van der Waals surface area contributed by atoms with Crippen molar-refractivity contribution in [2.45, 2.75) is 0 Å². The zero-order valence-corrected chi connectivity index (χ0v) is 11.9. The molecule has 8 heteroatoms. The topological polar surface area (TPSA) is 87.9 Å². The number of aryl methyl sites for hydroxylation is 1. The van der Waals surface area contributed by atoms with Gasteiger partial charge in [0.25, 0.3) is 0 Å². The van der Waals surface area contributed by atoms with Crippen LogP contribution in [-0.4, -0.2) is 38.0 Å². The first kappa shape index (κ1) is 14.2. The quantitative estimate of drug-likeness (QED) is 0.664. The maximum atomic E-state index is 12.9. The van der Waals surface area contributed by atoms with Crippen molar-refractivity contribution in [3.63, 3.8) is 0 Å². The Morgan fingerprint density at radius 3 is 2.73 bits per heavy atom. The predicted molar refractivity (Wildman–Crippen MR) is 81.6 cm³/mol. The van der Waals surface area contributed by atoms with Crippen molar-refractivity contribution >= 4 is 28.5 Å². The molecule has 22 heavy (non-hydrogen) atoms. The number of anilines is 3. The van der Waals surface area contributed by atoms with Crippen molar-refractivity contribution in [3.8, 4) is 0 Å². The lowest BCUT2D eigenvalue weighted by Crippen LogP contribution is -2.09. The molecule has 3 rings (SSSR count). The van der Waals surface area contributed by atoms with E-state index in [0.29, 0.717) is 29.6 Å². The molecule has 0 amide bonds. The van der Waals surface area contributed by atoms with Gasteiger partial charge in [-0.1, -0.05) is 0 Å². The van der Waals surface area contributed by atoms with Gasteiger partial charge in [0.15, 0.2) is 5.65 Å². The fourth-order valence-electron chi connectivity index (χ4n) is 2.05. The Morgan fingerprint density at radius 1 is 1.23 bits per heavy atom. The second-order valence-electron chi connectivity index (χ2n) is 4.68. The number of hydrogen-bond donors (Lipinski definition) is 3. The summed E-state index contributed by atoms with van der Waals surface area (Å²) >= 11 is 0. The normalized spacial score (nSPS) is 10.9. The van der Waals surface area contributed by atoms with Gasteiger partial charge in [-0.05, 0) is 24.3 Å². The summed E-state index contributed by atoms with van der Waals surface area (Å²) in [5.41, 5.74) is 1.33. The lowest BCUT2D eigenvalue weighted by atomic mass is 10.3. The Morgan fingerprint density at radius 2 is 2.00 bits per heavy atom. The van der Waals surface area contributed by atoms with Crippen LogP contribution in [0.5, 0.6) is 0 Å². The highest BCUT2D eigenvalue weighted by atomic mass is 19.1. The van der Waals surface area contributed by atoms with Crippen LogP contribution in [0.1, 0.15) is 0 Å². The Kier molecular flexibility index (Phi) is 3.84. The predicted octanol–water partition coefficient (Wildman–Crippen LogP) is 1.65. The number of aliphatic hydroxyl groups is 1. The lowest BCUT2D eigenvalue weighted by molar-refractivity contribution is 0.311. The standard InChI is InChI=1S/C14H15FN6O/c1-21-13-11(8-17-21)12(16-6-7-22)19-14(20-13)18-10-4-2-9(15)3-5-10/h2-5,8,22H,6-7H2,1H3,(H2,16,18,19,20). The van der Waals surface area contributed by atoms with Crippen molar-refractivity contribution in [1.29, 1.82) is 0 Å². The lowest BCUT2D eigenvalue weighted by Gasteiger charge is -2.09. The van der Waals surface area contributed by atoms with E-state index in [1.165, 1.54) is 12.1 Å². The minimum atomic E-state index is -0.307. The molecule has 0 aliphatic heterocycles. The fourth-order valence-corrected chi connectivity index (χ4v) is 2.05. The van der Waals surface area contributed by atoms with Crippen LogP contribution in [0.3, 0.4) is 0 Å². The van der Waals surface area contributed by atoms with Gasteiger partial charge in [0.05, 0.1) is 18.2 Å². The number of halogens is 1. The van der Waals surface area contributed by atoms with Crippen LogP contribution in [0.15, 0.2) is 30.5 Å². The minimum absolute atomic E-state index is 0.00746. The van der Waals surface area contributed by atoms with E-state index >= 15 is 0 Å². The van der Waals surface area contributed by atoms with E-state index in [2.05, 4.69) is 25.7 Å². The molecular weight excluding hydrogens is 287 g/mol. The van der Waals surface area contributed by atoms with Crippen molar-refractivity contribution in [2.24, 2.45) is 7.05 Å². The zero-order valence-electron chi connectivity index (χ0n) is 11.9. The van der Waals surface area contributed by atoms with Crippen LogP contribution < -0.4 is 10.6 Å². The number of rotatable bonds is 5. The van der Waals surface area contributed by atoms with Gasteiger partial charge < -0.3 is 15.7 Å². The minimum Gasteiger partial charge on any atom is -0.395 e. The molecule has 0 fully saturated rings. The SMILES string of the molecule is Cn1ncc2c(NCCO)nc(Nc3ccc(F)cc3)nc21. The molecule has 2 aromatic heterocycles. The number of hydrogen-bond acceptors (Lipinski definition) is 6. The van der Waals surface area contributed by atoms with Crippen LogP contribution in [0, 0.1) is 5.82 Å². The van der Waals surface area contributed by atoms with Crippen LogP contribution in [0.2, 0.25) is 0 Å². The first-order valence-corrected chi connectivity index (χ1v) is 6.74. The van der Waals surface area contributed by atoms with Gasteiger partial charge in [-0.3, -0.25) is 4.68 Å². The van der Waals surface area contributed by atoms with Crippen LogP contribution in [0.25, 0.3) is 11.0 Å². The number of aromatic nitrogens is 4. The maximum Gasteiger partial charge on any atom is 0.231 e. The molecule has 0 atom stereocenters. The van der Waals surface area contributed by atoms with Crippen LogP contribution >= 0.6 is 0 Å². The second-order valence-corrected chi connectivity index (χ2v) is 4.68. The second kappa shape index (κ2) is 5.94. The highest BCUT2D eigenvalue weighted by molar-refractivity contribution is 5.87. The van der Waals surface area contributed by atoms with Gasteiger partial charge in [0.2, 0.25) is 5.95 Å². The number of fused-ring (bicyclic) bond motifs is 1. The molecule has 2 heterocycles. The number of benzene rings is 1. The maximum absolute atomic E-state index is 12.9. The summed E-state index contributed by atoms with van der Waals surface area (Å²) in [6.07, 6.45) is 1.66. The molecule has 7 nitrogen and oxygen atoms in total.